The molecule has 0 saturated heterocycles. The molecule has 21 heavy (non-hydrogen) atoms. The maximum absolute atomic E-state index is 13.6. The molecule has 2 rings (SSSR count). The number of benzene rings is 2. The molecule has 2 aromatic rings. The summed E-state index contributed by atoms with van der Waals surface area (Å²) in [5.41, 5.74) is 1.23. The predicted octanol–water partition coefficient (Wildman–Crippen LogP) is 5.65. The number of rotatable bonds is 5. The highest BCUT2D eigenvalue weighted by molar-refractivity contribution is 9.10. The SMILES string of the molecule is CCOc1ccc(C(Cl)Cc2ccc(F)cc2F)cc1Br. The maximum atomic E-state index is 13.6. The molecule has 0 saturated carbocycles. The average molecular weight is 376 g/mol. The Morgan fingerprint density at radius 2 is 1.95 bits per heavy atom. The van der Waals surface area contributed by atoms with Crippen LogP contribution in [-0.4, -0.2) is 6.61 Å². The quantitative estimate of drug-likeness (QED) is 0.614. The van der Waals surface area contributed by atoms with E-state index in [9.17, 15) is 8.78 Å². The Kier molecular flexibility index (Phi) is 5.59. The van der Waals surface area contributed by atoms with Gasteiger partial charge in [0, 0.05) is 6.07 Å². The summed E-state index contributed by atoms with van der Waals surface area (Å²) in [6, 6.07) is 9.03. The lowest BCUT2D eigenvalue weighted by molar-refractivity contribution is 0.338. The van der Waals surface area contributed by atoms with Crippen LogP contribution in [0.2, 0.25) is 0 Å². The van der Waals surface area contributed by atoms with Crippen LogP contribution < -0.4 is 4.74 Å². The molecule has 0 aromatic heterocycles. The van der Waals surface area contributed by atoms with Gasteiger partial charge in [0.2, 0.25) is 0 Å². The van der Waals surface area contributed by atoms with Crippen molar-refractivity contribution in [2.24, 2.45) is 0 Å². The molecular weight excluding hydrogens is 362 g/mol. The molecule has 0 heterocycles. The van der Waals surface area contributed by atoms with E-state index in [1.807, 2.05) is 25.1 Å². The van der Waals surface area contributed by atoms with E-state index < -0.39 is 17.0 Å². The molecule has 2 aromatic carbocycles. The first-order valence-electron chi connectivity index (χ1n) is 6.51. The van der Waals surface area contributed by atoms with Gasteiger partial charge >= 0.3 is 0 Å². The van der Waals surface area contributed by atoms with Crippen molar-refractivity contribution in [1.82, 2.24) is 0 Å². The van der Waals surface area contributed by atoms with Crippen LogP contribution in [0, 0.1) is 11.6 Å². The predicted molar refractivity (Wildman–Crippen MR) is 84.0 cm³/mol. The molecule has 0 spiro atoms. The van der Waals surface area contributed by atoms with Gasteiger partial charge in [-0.1, -0.05) is 12.1 Å². The standard InChI is InChI=1S/C16H14BrClF2O/c1-2-21-16-6-4-10(7-13(16)17)14(18)8-11-3-5-12(19)9-15(11)20/h3-7,9,14H,2,8H2,1H3. The minimum absolute atomic E-state index is 0.286. The smallest absolute Gasteiger partial charge is 0.133 e. The zero-order valence-corrected chi connectivity index (χ0v) is 13.7. The first kappa shape index (κ1) is 16.2. The molecule has 1 atom stereocenters. The summed E-state index contributed by atoms with van der Waals surface area (Å²) >= 11 is 9.75. The van der Waals surface area contributed by atoms with E-state index in [1.165, 1.54) is 12.1 Å². The molecule has 0 amide bonds. The van der Waals surface area contributed by atoms with Crippen LogP contribution >= 0.6 is 27.5 Å². The zero-order chi connectivity index (χ0) is 15.4. The van der Waals surface area contributed by atoms with E-state index in [4.69, 9.17) is 16.3 Å². The van der Waals surface area contributed by atoms with Gasteiger partial charge in [0.05, 0.1) is 16.5 Å². The highest BCUT2D eigenvalue weighted by atomic mass is 79.9. The summed E-state index contributed by atoms with van der Waals surface area (Å²) in [5.74, 6) is -0.435. The van der Waals surface area contributed by atoms with Gasteiger partial charge < -0.3 is 4.74 Å². The van der Waals surface area contributed by atoms with Crippen molar-refractivity contribution in [3.8, 4) is 5.75 Å². The van der Waals surface area contributed by atoms with Crippen molar-refractivity contribution in [2.45, 2.75) is 18.7 Å². The normalized spacial score (nSPS) is 12.2. The van der Waals surface area contributed by atoms with Crippen molar-refractivity contribution >= 4 is 27.5 Å². The zero-order valence-electron chi connectivity index (χ0n) is 11.4. The minimum Gasteiger partial charge on any atom is -0.493 e. The molecule has 1 nitrogen and oxygen atoms in total. The maximum Gasteiger partial charge on any atom is 0.133 e. The van der Waals surface area contributed by atoms with Gasteiger partial charge in [-0.2, -0.15) is 0 Å². The van der Waals surface area contributed by atoms with E-state index in [2.05, 4.69) is 15.9 Å². The van der Waals surface area contributed by atoms with E-state index in [0.29, 0.717) is 12.2 Å². The molecule has 0 aliphatic carbocycles. The molecule has 112 valence electrons. The Bertz CT molecular complexity index is 634. The van der Waals surface area contributed by atoms with Crippen LogP contribution in [0.15, 0.2) is 40.9 Å². The molecule has 1 unspecified atom stereocenters. The molecule has 0 aliphatic heterocycles. The summed E-state index contributed by atoms with van der Waals surface area (Å²) < 4.78 is 32.8. The molecule has 0 fully saturated rings. The summed E-state index contributed by atoms with van der Waals surface area (Å²) in [5, 5.41) is -0.406. The van der Waals surface area contributed by atoms with E-state index in [-0.39, 0.29) is 6.42 Å². The fourth-order valence-corrected chi connectivity index (χ4v) is 2.80. The van der Waals surface area contributed by atoms with E-state index in [1.54, 1.807) is 0 Å². The fraction of sp³-hybridized carbons (Fsp3) is 0.250. The van der Waals surface area contributed by atoms with Gasteiger partial charge in [0.15, 0.2) is 0 Å². The number of ether oxygens (including phenoxy) is 1. The van der Waals surface area contributed by atoms with Gasteiger partial charge in [-0.05, 0) is 58.6 Å². The van der Waals surface area contributed by atoms with Gasteiger partial charge in [-0.25, -0.2) is 8.78 Å². The lowest BCUT2D eigenvalue weighted by atomic mass is 10.0. The van der Waals surface area contributed by atoms with Crippen LogP contribution in [0.5, 0.6) is 5.75 Å². The molecule has 0 aliphatic rings. The van der Waals surface area contributed by atoms with Crippen molar-refractivity contribution in [3.63, 3.8) is 0 Å². The summed E-state index contributed by atoms with van der Waals surface area (Å²) in [7, 11) is 0. The number of hydrogen-bond donors (Lipinski definition) is 0. The van der Waals surface area contributed by atoms with Crippen LogP contribution in [0.1, 0.15) is 23.4 Å². The Hall–Kier alpha value is -1.13. The molecule has 0 radical (unpaired) electrons. The lowest BCUT2D eigenvalue weighted by Gasteiger charge is -2.13. The number of halogens is 4. The Morgan fingerprint density at radius 1 is 1.19 bits per heavy atom. The molecule has 0 N–H and O–H groups in total. The minimum atomic E-state index is -0.591. The third kappa shape index (κ3) is 4.17. The highest BCUT2D eigenvalue weighted by Gasteiger charge is 2.14. The van der Waals surface area contributed by atoms with Crippen molar-refractivity contribution < 1.29 is 13.5 Å². The Labute approximate surface area is 136 Å². The van der Waals surface area contributed by atoms with Gasteiger partial charge in [0.1, 0.15) is 17.4 Å². The fourth-order valence-electron chi connectivity index (χ4n) is 1.98. The Balaban J connectivity index is 2.16. The number of alkyl halides is 1. The second-order valence-corrected chi connectivity index (χ2v) is 5.91. The van der Waals surface area contributed by atoms with Crippen molar-refractivity contribution in [1.29, 1.82) is 0 Å². The van der Waals surface area contributed by atoms with Crippen molar-refractivity contribution in [2.75, 3.05) is 6.61 Å². The summed E-state index contributed by atoms with van der Waals surface area (Å²) in [6.07, 6.45) is 0.286. The van der Waals surface area contributed by atoms with Crippen LogP contribution in [-0.2, 0) is 6.42 Å². The second kappa shape index (κ2) is 7.23. The first-order valence-corrected chi connectivity index (χ1v) is 7.74. The third-order valence-electron chi connectivity index (χ3n) is 3.03. The third-order valence-corrected chi connectivity index (χ3v) is 4.06. The first-order chi connectivity index (χ1) is 10.0. The average Bonchev–Trinajstić information content (AvgIpc) is 2.44. The highest BCUT2D eigenvalue weighted by Crippen LogP contribution is 2.32. The largest absolute Gasteiger partial charge is 0.493 e. The van der Waals surface area contributed by atoms with Gasteiger partial charge in [-0.3, -0.25) is 0 Å². The van der Waals surface area contributed by atoms with Gasteiger partial charge in [0.25, 0.3) is 0 Å². The number of hydrogen-bond acceptors (Lipinski definition) is 1. The monoisotopic (exact) mass is 374 g/mol. The molecule has 5 heteroatoms. The lowest BCUT2D eigenvalue weighted by Crippen LogP contribution is -2.00. The van der Waals surface area contributed by atoms with Crippen LogP contribution in [0.25, 0.3) is 0 Å². The van der Waals surface area contributed by atoms with Gasteiger partial charge in [-0.15, -0.1) is 11.6 Å². The summed E-state index contributed by atoms with van der Waals surface area (Å²) in [4.78, 5) is 0. The molecule has 0 bridgehead atoms. The van der Waals surface area contributed by atoms with Crippen LogP contribution in [0.3, 0.4) is 0 Å². The topological polar surface area (TPSA) is 9.23 Å². The van der Waals surface area contributed by atoms with Crippen LogP contribution in [0.4, 0.5) is 8.78 Å². The summed E-state index contributed by atoms with van der Waals surface area (Å²) in [6.45, 7) is 2.48. The molecular formula is C16H14BrClF2O. The van der Waals surface area contributed by atoms with E-state index in [0.717, 1.165) is 21.9 Å². The van der Waals surface area contributed by atoms with Crippen molar-refractivity contribution in [3.05, 3.63) is 63.6 Å². The Morgan fingerprint density at radius 3 is 2.57 bits per heavy atom. The van der Waals surface area contributed by atoms with E-state index >= 15 is 0 Å². The second-order valence-electron chi connectivity index (χ2n) is 4.53.